The Kier molecular flexibility index (Phi) is 6.49. The monoisotopic (exact) mass is 266 g/mol. The van der Waals surface area contributed by atoms with E-state index in [2.05, 4.69) is 13.8 Å². The maximum Gasteiger partial charge on any atom is 0.0550 e. The summed E-state index contributed by atoms with van der Waals surface area (Å²) in [4.78, 5) is 0. The highest BCUT2D eigenvalue weighted by Gasteiger charge is 2.30. The maximum absolute atomic E-state index is 9.69. The molecule has 0 bridgehead atoms. The van der Waals surface area contributed by atoms with Crippen LogP contribution >= 0.6 is 0 Å². The first-order valence-electron chi connectivity index (χ1n) is 6.90. The van der Waals surface area contributed by atoms with E-state index in [-0.39, 0.29) is 13.2 Å². The van der Waals surface area contributed by atoms with Crippen molar-refractivity contribution in [2.75, 3.05) is 26.4 Å². The summed E-state index contributed by atoms with van der Waals surface area (Å²) in [7, 11) is 0. The van der Waals surface area contributed by atoms with E-state index >= 15 is 0 Å². The quantitative estimate of drug-likeness (QED) is 0.710. The van der Waals surface area contributed by atoms with Crippen molar-refractivity contribution in [1.29, 1.82) is 0 Å². The SMILES string of the molecule is Cc1ccc(C(CO)(CO)CCOCC(C)C)cc1. The molecule has 0 saturated heterocycles. The first-order valence-corrected chi connectivity index (χ1v) is 6.90. The van der Waals surface area contributed by atoms with Crippen LogP contribution < -0.4 is 0 Å². The van der Waals surface area contributed by atoms with Gasteiger partial charge in [0.25, 0.3) is 0 Å². The number of rotatable bonds is 8. The Bertz CT molecular complexity index is 353. The Hall–Kier alpha value is -0.900. The highest BCUT2D eigenvalue weighted by molar-refractivity contribution is 5.29. The standard InChI is InChI=1S/C16H26O3/c1-13(2)10-19-9-8-16(11-17,12-18)15-6-4-14(3)5-7-15/h4-7,13,17-18H,8-12H2,1-3H3. The number of hydrogen-bond acceptors (Lipinski definition) is 3. The van der Waals surface area contributed by atoms with Crippen molar-refractivity contribution in [1.82, 2.24) is 0 Å². The van der Waals surface area contributed by atoms with Crippen molar-refractivity contribution in [3.05, 3.63) is 35.4 Å². The lowest BCUT2D eigenvalue weighted by molar-refractivity contribution is 0.0536. The van der Waals surface area contributed by atoms with E-state index in [4.69, 9.17) is 4.74 Å². The molecule has 1 rings (SSSR count). The fraction of sp³-hybridized carbons (Fsp3) is 0.625. The fourth-order valence-corrected chi connectivity index (χ4v) is 2.03. The zero-order valence-electron chi connectivity index (χ0n) is 12.2. The van der Waals surface area contributed by atoms with Crippen LogP contribution in [0.2, 0.25) is 0 Å². The van der Waals surface area contributed by atoms with Crippen LogP contribution in [0.3, 0.4) is 0 Å². The smallest absolute Gasteiger partial charge is 0.0550 e. The molecule has 0 aliphatic rings. The Morgan fingerprint density at radius 3 is 2.16 bits per heavy atom. The summed E-state index contributed by atoms with van der Waals surface area (Å²) in [6.07, 6.45) is 0.621. The van der Waals surface area contributed by atoms with Gasteiger partial charge in [0.05, 0.1) is 13.2 Å². The third-order valence-electron chi connectivity index (χ3n) is 3.45. The summed E-state index contributed by atoms with van der Waals surface area (Å²) in [5, 5.41) is 19.4. The van der Waals surface area contributed by atoms with Gasteiger partial charge < -0.3 is 14.9 Å². The molecule has 108 valence electrons. The molecule has 0 amide bonds. The second-order valence-electron chi connectivity index (χ2n) is 5.68. The van der Waals surface area contributed by atoms with Gasteiger partial charge in [0.2, 0.25) is 0 Å². The van der Waals surface area contributed by atoms with Gasteiger partial charge in [0.15, 0.2) is 0 Å². The lowest BCUT2D eigenvalue weighted by Gasteiger charge is -2.30. The summed E-state index contributed by atoms with van der Waals surface area (Å²) < 4.78 is 5.58. The number of aliphatic hydroxyl groups excluding tert-OH is 2. The lowest BCUT2D eigenvalue weighted by Crippen LogP contribution is -2.36. The number of aryl methyl sites for hydroxylation is 1. The normalized spacial score (nSPS) is 12.1. The minimum Gasteiger partial charge on any atom is -0.395 e. The van der Waals surface area contributed by atoms with Crippen LogP contribution in [0.25, 0.3) is 0 Å². The molecule has 0 aliphatic heterocycles. The molecule has 0 unspecified atom stereocenters. The Morgan fingerprint density at radius 2 is 1.68 bits per heavy atom. The molecule has 0 aliphatic carbocycles. The summed E-state index contributed by atoms with van der Waals surface area (Å²) in [6, 6.07) is 7.96. The van der Waals surface area contributed by atoms with Gasteiger partial charge in [-0.2, -0.15) is 0 Å². The van der Waals surface area contributed by atoms with Gasteiger partial charge in [0.1, 0.15) is 0 Å². The number of aliphatic hydroxyl groups is 2. The topological polar surface area (TPSA) is 49.7 Å². The third kappa shape index (κ3) is 4.60. The average molecular weight is 266 g/mol. The Morgan fingerprint density at radius 1 is 1.11 bits per heavy atom. The fourth-order valence-electron chi connectivity index (χ4n) is 2.03. The highest BCUT2D eigenvalue weighted by Crippen LogP contribution is 2.27. The van der Waals surface area contributed by atoms with Crippen molar-refractivity contribution < 1.29 is 14.9 Å². The largest absolute Gasteiger partial charge is 0.395 e. The van der Waals surface area contributed by atoms with Crippen LogP contribution in [-0.4, -0.2) is 36.6 Å². The van der Waals surface area contributed by atoms with E-state index in [1.54, 1.807) is 0 Å². The molecule has 2 N–H and O–H groups in total. The van der Waals surface area contributed by atoms with Gasteiger partial charge >= 0.3 is 0 Å². The molecular weight excluding hydrogens is 240 g/mol. The number of hydrogen-bond donors (Lipinski definition) is 2. The van der Waals surface area contributed by atoms with Crippen LogP contribution in [0.1, 0.15) is 31.4 Å². The summed E-state index contributed by atoms with van der Waals surface area (Å²) in [6.45, 7) is 7.34. The zero-order valence-corrected chi connectivity index (χ0v) is 12.2. The summed E-state index contributed by atoms with van der Waals surface area (Å²) >= 11 is 0. The van der Waals surface area contributed by atoms with E-state index < -0.39 is 5.41 Å². The summed E-state index contributed by atoms with van der Waals surface area (Å²) in [5.41, 5.74) is 1.53. The van der Waals surface area contributed by atoms with Gasteiger partial charge in [0, 0.05) is 18.6 Å². The lowest BCUT2D eigenvalue weighted by atomic mass is 9.79. The van der Waals surface area contributed by atoms with Crippen LogP contribution in [0.5, 0.6) is 0 Å². The van der Waals surface area contributed by atoms with Crippen LogP contribution in [-0.2, 0) is 10.2 Å². The first kappa shape index (κ1) is 16.2. The molecule has 19 heavy (non-hydrogen) atoms. The van der Waals surface area contributed by atoms with E-state index in [0.29, 0.717) is 25.6 Å². The molecule has 0 spiro atoms. The zero-order chi connectivity index (χ0) is 14.3. The molecule has 1 aromatic rings. The average Bonchev–Trinajstić information content (AvgIpc) is 2.41. The number of benzene rings is 1. The van der Waals surface area contributed by atoms with E-state index in [9.17, 15) is 10.2 Å². The molecule has 0 atom stereocenters. The molecular formula is C16H26O3. The van der Waals surface area contributed by atoms with Crippen molar-refractivity contribution in [2.45, 2.75) is 32.6 Å². The van der Waals surface area contributed by atoms with Gasteiger partial charge in [-0.15, -0.1) is 0 Å². The molecule has 3 heteroatoms. The predicted octanol–water partition coefficient (Wildman–Crippen LogP) is 2.28. The van der Waals surface area contributed by atoms with Gasteiger partial charge in [-0.1, -0.05) is 43.7 Å². The third-order valence-corrected chi connectivity index (χ3v) is 3.45. The van der Waals surface area contributed by atoms with Gasteiger partial charge in [-0.3, -0.25) is 0 Å². The molecule has 0 fully saturated rings. The van der Waals surface area contributed by atoms with Crippen molar-refractivity contribution in [3.8, 4) is 0 Å². The summed E-state index contributed by atoms with van der Waals surface area (Å²) in [5.74, 6) is 0.497. The van der Waals surface area contributed by atoms with Gasteiger partial charge in [-0.25, -0.2) is 0 Å². The molecule has 0 heterocycles. The molecule has 0 aromatic heterocycles. The second kappa shape index (κ2) is 7.63. The van der Waals surface area contributed by atoms with Crippen molar-refractivity contribution in [3.63, 3.8) is 0 Å². The van der Waals surface area contributed by atoms with Gasteiger partial charge in [-0.05, 0) is 24.8 Å². The second-order valence-corrected chi connectivity index (χ2v) is 5.68. The predicted molar refractivity (Wildman–Crippen MR) is 77.3 cm³/mol. The van der Waals surface area contributed by atoms with Crippen LogP contribution in [0.15, 0.2) is 24.3 Å². The minimum atomic E-state index is -0.606. The Labute approximate surface area is 116 Å². The first-order chi connectivity index (χ1) is 9.04. The Balaban J connectivity index is 2.70. The molecule has 0 saturated carbocycles. The van der Waals surface area contributed by atoms with E-state index in [1.807, 2.05) is 31.2 Å². The molecule has 3 nitrogen and oxygen atoms in total. The maximum atomic E-state index is 9.69. The molecule has 1 aromatic carbocycles. The van der Waals surface area contributed by atoms with Crippen molar-refractivity contribution in [2.24, 2.45) is 5.92 Å². The number of ether oxygens (including phenoxy) is 1. The van der Waals surface area contributed by atoms with Crippen molar-refractivity contribution >= 4 is 0 Å². The van der Waals surface area contributed by atoms with Crippen LogP contribution in [0, 0.1) is 12.8 Å². The highest BCUT2D eigenvalue weighted by atomic mass is 16.5. The van der Waals surface area contributed by atoms with E-state index in [0.717, 1.165) is 5.56 Å². The van der Waals surface area contributed by atoms with E-state index in [1.165, 1.54) is 5.56 Å². The minimum absolute atomic E-state index is 0.0718. The van der Waals surface area contributed by atoms with Crippen LogP contribution in [0.4, 0.5) is 0 Å². The molecule has 0 radical (unpaired) electrons.